The molecule has 6 rings (SSSR count). The van der Waals surface area contributed by atoms with Crippen LogP contribution in [0.3, 0.4) is 0 Å². The summed E-state index contributed by atoms with van der Waals surface area (Å²) in [5.41, 5.74) is 2.97. The summed E-state index contributed by atoms with van der Waals surface area (Å²) in [4.78, 5) is 21.0. The molecule has 1 amide bonds. The van der Waals surface area contributed by atoms with Crippen molar-refractivity contribution < 1.29 is 27.4 Å². The summed E-state index contributed by atoms with van der Waals surface area (Å²) in [5, 5.41) is 15.9. The van der Waals surface area contributed by atoms with E-state index in [0.717, 1.165) is 37.2 Å². The van der Waals surface area contributed by atoms with Crippen LogP contribution in [0.5, 0.6) is 5.75 Å². The van der Waals surface area contributed by atoms with Crippen LogP contribution in [0.1, 0.15) is 24.1 Å². The molecule has 1 saturated heterocycles. The summed E-state index contributed by atoms with van der Waals surface area (Å²) in [5.74, 6) is 0.728. The fraction of sp³-hybridized carbons (Fsp3) is 0.464. The fourth-order valence-corrected chi connectivity index (χ4v) is 6.82. The van der Waals surface area contributed by atoms with Gasteiger partial charge in [-0.2, -0.15) is 9.40 Å². The summed E-state index contributed by atoms with van der Waals surface area (Å²) < 4.78 is 46.9. The van der Waals surface area contributed by atoms with Crippen LogP contribution in [0.4, 0.5) is 10.2 Å². The Balaban J connectivity index is 1.14. The molecular weight excluding hydrogens is 551 g/mol. The fourth-order valence-electron chi connectivity index (χ4n) is 6.03. The Morgan fingerprint density at radius 1 is 1.12 bits per heavy atom. The minimum Gasteiger partial charge on any atom is -0.480 e. The maximum absolute atomic E-state index is 13.6. The first-order valence-corrected chi connectivity index (χ1v) is 15.6. The zero-order chi connectivity index (χ0) is 28.7. The highest BCUT2D eigenvalue weighted by Crippen LogP contribution is 2.34. The van der Waals surface area contributed by atoms with Crippen molar-refractivity contribution >= 4 is 21.7 Å². The van der Waals surface area contributed by atoms with Gasteiger partial charge in [0, 0.05) is 68.2 Å². The number of hydrogen-bond donors (Lipinski definition) is 1. The van der Waals surface area contributed by atoms with Gasteiger partial charge < -0.3 is 14.7 Å². The number of sulfonamides is 1. The first-order chi connectivity index (χ1) is 19.7. The van der Waals surface area contributed by atoms with Gasteiger partial charge in [-0.1, -0.05) is 0 Å². The minimum absolute atomic E-state index is 0.00761. The highest BCUT2D eigenvalue weighted by molar-refractivity contribution is 7.88. The Bertz CT molecular complexity index is 1540. The van der Waals surface area contributed by atoms with Crippen LogP contribution in [0.25, 0.3) is 11.3 Å². The summed E-state index contributed by atoms with van der Waals surface area (Å²) in [6, 6.07) is 9.61. The van der Waals surface area contributed by atoms with Crippen molar-refractivity contribution in [3.05, 3.63) is 59.7 Å². The maximum Gasteiger partial charge on any atom is 0.266 e. The van der Waals surface area contributed by atoms with Gasteiger partial charge in [0.1, 0.15) is 5.82 Å². The molecule has 0 spiro atoms. The second-order valence-corrected chi connectivity index (χ2v) is 12.9. The summed E-state index contributed by atoms with van der Waals surface area (Å²) >= 11 is 0. The van der Waals surface area contributed by atoms with E-state index < -0.39 is 16.1 Å². The predicted molar refractivity (Wildman–Crippen MR) is 149 cm³/mol. The monoisotopic (exact) mass is 584 g/mol. The van der Waals surface area contributed by atoms with Crippen LogP contribution < -0.4 is 9.64 Å². The first kappa shape index (κ1) is 27.8. The topological polar surface area (TPSA) is 121 Å². The molecule has 0 bridgehead atoms. The van der Waals surface area contributed by atoms with Gasteiger partial charge in [0.05, 0.1) is 24.6 Å². The number of pyridine rings is 1. The molecule has 218 valence electrons. The van der Waals surface area contributed by atoms with E-state index >= 15 is 0 Å². The number of likely N-dealkylation sites (tertiary alicyclic amines) is 1. The number of anilines is 1. The van der Waals surface area contributed by atoms with E-state index in [2.05, 4.69) is 9.88 Å². The highest BCUT2D eigenvalue weighted by Gasteiger charge is 2.35. The van der Waals surface area contributed by atoms with Crippen LogP contribution in [0, 0.1) is 5.82 Å². The summed E-state index contributed by atoms with van der Waals surface area (Å²) in [7, 11) is -3.40. The number of nitrogens with zero attached hydrogens (tertiary/aromatic N) is 6. The molecule has 3 aliphatic rings. The van der Waals surface area contributed by atoms with E-state index in [-0.39, 0.29) is 37.5 Å². The number of aliphatic hydroxyl groups excluding tert-OH is 1. The second-order valence-electron chi connectivity index (χ2n) is 10.9. The smallest absolute Gasteiger partial charge is 0.266 e. The standard InChI is InChI=1S/C28H33FN6O5S/c1-41(38,39)33-14-10-24-23(17-33)27(19-4-6-20(29)7-5-19)31-34(24)16-22(36)15-32-12-8-21(9-13-32)35-26(37)18-40-25-3-2-11-30-28(25)35/h2-7,11,21-22,36H,8-10,12-18H2,1H3. The lowest BCUT2D eigenvalue weighted by Crippen LogP contribution is -2.52. The SMILES string of the molecule is CS(=O)(=O)N1CCc2c(c(-c3ccc(F)cc3)nn2CC(O)CN2CCC(N3C(=O)COc4cccnc43)CC2)C1. The lowest BCUT2D eigenvalue weighted by Gasteiger charge is -2.40. The lowest BCUT2D eigenvalue weighted by molar-refractivity contribution is -0.122. The molecule has 1 atom stereocenters. The van der Waals surface area contributed by atoms with E-state index in [1.54, 1.807) is 34.0 Å². The Morgan fingerprint density at radius 3 is 2.61 bits per heavy atom. The maximum atomic E-state index is 13.6. The van der Waals surface area contributed by atoms with Crippen molar-refractivity contribution in [2.45, 2.75) is 44.5 Å². The second kappa shape index (κ2) is 11.1. The quantitative estimate of drug-likeness (QED) is 0.445. The van der Waals surface area contributed by atoms with Gasteiger partial charge in [0.15, 0.2) is 18.2 Å². The zero-order valence-electron chi connectivity index (χ0n) is 22.8. The molecule has 5 heterocycles. The number of amides is 1. The third kappa shape index (κ3) is 5.71. The number of aromatic nitrogens is 3. The van der Waals surface area contributed by atoms with Gasteiger partial charge >= 0.3 is 0 Å². The third-order valence-electron chi connectivity index (χ3n) is 8.06. The number of hydrogen-bond acceptors (Lipinski definition) is 8. The van der Waals surface area contributed by atoms with Gasteiger partial charge in [-0.15, -0.1) is 0 Å². The van der Waals surface area contributed by atoms with Crippen LogP contribution in [0.2, 0.25) is 0 Å². The zero-order valence-corrected chi connectivity index (χ0v) is 23.6. The van der Waals surface area contributed by atoms with Gasteiger partial charge in [-0.3, -0.25) is 14.4 Å². The Morgan fingerprint density at radius 2 is 1.88 bits per heavy atom. The first-order valence-electron chi connectivity index (χ1n) is 13.8. The summed E-state index contributed by atoms with van der Waals surface area (Å²) in [6.07, 6.45) is 4.11. The predicted octanol–water partition coefficient (Wildman–Crippen LogP) is 1.65. The number of rotatable bonds is 7. The van der Waals surface area contributed by atoms with Gasteiger partial charge in [0.25, 0.3) is 5.91 Å². The number of halogens is 1. The molecule has 3 aliphatic heterocycles. The van der Waals surface area contributed by atoms with Crippen LogP contribution in [0.15, 0.2) is 42.6 Å². The van der Waals surface area contributed by atoms with Crippen LogP contribution in [-0.2, 0) is 34.3 Å². The number of carbonyl (C=O) groups excluding carboxylic acids is 1. The van der Waals surface area contributed by atoms with Crippen molar-refractivity contribution in [2.24, 2.45) is 0 Å². The average Bonchev–Trinajstić information content (AvgIpc) is 3.31. The molecule has 3 aromatic rings. The molecule has 41 heavy (non-hydrogen) atoms. The van der Waals surface area contributed by atoms with Crippen molar-refractivity contribution in [3.8, 4) is 17.0 Å². The third-order valence-corrected chi connectivity index (χ3v) is 9.31. The molecule has 1 fully saturated rings. The van der Waals surface area contributed by atoms with Gasteiger partial charge in [-0.05, 0) is 49.2 Å². The number of piperidine rings is 1. The number of β-amino-alcohol motifs (C(OH)–C–C–N with tert-alkyl or cyclic N) is 1. The normalized spacial score (nSPS) is 19.5. The number of carbonyl (C=O) groups is 1. The van der Waals surface area contributed by atoms with E-state index in [1.807, 2.05) is 6.07 Å². The molecule has 11 nitrogen and oxygen atoms in total. The van der Waals surface area contributed by atoms with E-state index in [1.165, 1.54) is 22.7 Å². The average molecular weight is 585 g/mol. The molecule has 2 aromatic heterocycles. The van der Waals surface area contributed by atoms with E-state index in [4.69, 9.17) is 9.84 Å². The number of ether oxygens (including phenoxy) is 1. The molecular formula is C28H33FN6O5S. The number of aliphatic hydroxyl groups is 1. The number of fused-ring (bicyclic) bond motifs is 2. The molecule has 0 saturated carbocycles. The molecule has 1 N–H and O–H groups in total. The van der Waals surface area contributed by atoms with Gasteiger partial charge in [-0.25, -0.2) is 17.8 Å². The van der Waals surface area contributed by atoms with Crippen LogP contribution in [-0.4, -0.2) is 94.6 Å². The number of benzene rings is 1. The van der Waals surface area contributed by atoms with Crippen LogP contribution >= 0.6 is 0 Å². The molecule has 1 aromatic carbocycles. The van der Waals surface area contributed by atoms with E-state index in [9.17, 15) is 22.7 Å². The minimum atomic E-state index is -3.40. The van der Waals surface area contributed by atoms with Crippen molar-refractivity contribution in [1.29, 1.82) is 0 Å². The summed E-state index contributed by atoms with van der Waals surface area (Å²) in [6.45, 7) is 2.65. The highest BCUT2D eigenvalue weighted by atomic mass is 32.2. The molecule has 0 aliphatic carbocycles. The van der Waals surface area contributed by atoms with Gasteiger partial charge in [0.2, 0.25) is 10.0 Å². The Labute approximate surface area is 238 Å². The molecule has 0 radical (unpaired) electrons. The lowest BCUT2D eigenvalue weighted by atomic mass is 10.0. The molecule has 1 unspecified atom stereocenters. The van der Waals surface area contributed by atoms with E-state index in [0.29, 0.717) is 42.3 Å². The molecule has 13 heteroatoms. The van der Waals surface area contributed by atoms with Crippen molar-refractivity contribution in [3.63, 3.8) is 0 Å². The largest absolute Gasteiger partial charge is 0.480 e. The Hall–Kier alpha value is -3.39. The van der Waals surface area contributed by atoms with Crippen molar-refractivity contribution in [1.82, 2.24) is 24.0 Å². The Kier molecular flexibility index (Phi) is 7.53. The van der Waals surface area contributed by atoms with Crippen molar-refractivity contribution in [2.75, 3.05) is 43.9 Å².